The Morgan fingerprint density at radius 2 is 1.85 bits per heavy atom. The zero-order valence-electron chi connectivity index (χ0n) is 15.2. The third kappa shape index (κ3) is 5.38. The zero-order chi connectivity index (χ0) is 20.0. The highest BCUT2D eigenvalue weighted by Gasteiger charge is 2.17. The summed E-state index contributed by atoms with van der Waals surface area (Å²) in [5.74, 6) is -1.38. The van der Waals surface area contributed by atoms with Crippen molar-refractivity contribution in [1.29, 1.82) is 0 Å². The van der Waals surface area contributed by atoms with Gasteiger partial charge in [0.05, 0.1) is 10.5 Å². The van der Waals surface area contributed by atoms with Crippen LogP contribution in [0.25, 0.3) is 0 Å². The molecule has 144 valence electrons. The molecule has 8 heteroatoms. The predicted molar refractivity (Wildman–Crippen MR) is 101 cm³/mol. The van der Waals surface area contributed by atoms with Gasteiger partial charge >= 0.3 is 5.97 Å². The highest BCUT2D eigenvalue weighted by Crippen LogP contribution is 2.16. The fourth-order valence-corrected chi connectivity index (χ4v) is 3.63. The van der Waals surface area contributed by atoms with Crippen molar-refractivity contribution in [1.82, 2.24) is 10.0 Å². The second-order valence-corrected chi connectivity index (χ2v) is 7.76. The van der Waals surface area contributed by atoms with E-state index in [9.17, 15) is 18.0 Å². The number of aromatic carboxylic acids is 1. The smallest absolute Gasteiger partial charge is 0.335 e. The third-order valence-corrected chi connectivity index (χ3v) is 5.51. The van der Waals surface area contributed by atoms with Gasteiger partial charge in [0.25, 0.3) is 5.91 Å². The minimum Gasteiger partial charge on any atom is -0.478 e. The fraction of sp³-hybridized carbons (Fsp3) is 0.263. The van der Waals surface area contributed by atoms with Crippen molar-refractivity contribution in [3.63, 3.8) is 0 Å². The van der Waals surface area contributed by atoms with Crippen LogP contribution in [0.4, 0.5) is 0 Å². The molecule has 0 unspecified atom stereocenters. The minimum atomic E-state index is -3.65. The molecule has 0 fully saturated rings. The van der Waals surface area contributed by atoms with Crippen molar-refractivity contribution < 1.29 is 23.1 Å². The van der Waals surface area contributed by atoms with Gasteiger partial charge < -0.3 is 10.4 Å². The molecule has 0 saturated carbocycles. The van der Waals surface area contributed by atoms with E-state index in [1.54, 1.807) is 38.1 Å². The Hall–Kier alpha value is -2.71. The Morgan fingerprint density at radius 3 is 2.52 bits per heavy atom. The van der Waals surface area contributed by atoms with Crippen LogP contribution in [0.15, 0.2) is 47.4 Å². The quantitative estimate of drug-likeness (QED) is 0.638. The molecule has 0 spiro atoms. The van der Waals surface area contributed by atoms with E-state index in [-0.39, 0.29) is 28.5 Å². The lowest BCUT2D eigenvalue weighted by atomic mass is 10.1. The number of carbonyl (C=O) groups excluding carboxylic acids is 1. The largest absolute Gasteiger partial charge is 0.478 e. The molecule has 2 aromatic rings. The maximum absolute atomic E-state index is 12.4. The summed E-state index contributed by atoms with van der Waals surface area (Å²) in [5, 5.41) is 11.8. The van der Waals surface area contributed by atoms with Crippen LogP contribution in [-0.2, 0) is 16.4 Å². The number of sulfonamides is 1. The summed E-state index contributed by atoms with van der Waals surface area (Å²) < 4.78 is 26.6. The minimum absolute atomic E-state index is 0.0364. The van der Waals surface area contributed by atoms with Crippen molar-refractivity contribution in [3.8, 4) is 0 Å². The molecule has 2 aromatic carbocycles. The second-order valence-electron chi connectivity index (χ2n) is 5.99. The van der Waals surface area contributed by atoms with E-state index in [0.29, 0.717) is 18.5 Å². The Kier molecular flexibility index (Phi) is 6.70. The molecule has 1 amide bonds. The summed E-state index contributed by atoms with van der Waals surface area (Å²) in [7, 11) is -3.65. The number of nitrogens with one attached hydrogen (secondary N) is 2. The topological polar surface area (TPSA) is 113 Å². The standard InChI is InChI=1S/C19H22N2O5S/c1-3-21-27(25,26)16-8-7-13(2)17(12-16)18(22)20-10-9-14-5-4-6-15(11-14)19(23)24/h4-8,11-12,21H,3,9-10H2,1-2H3,(H,20,22)(H,23,24). The molecular weight excluding hydrogens is 368 g/mol. The lowest BCUT2D eigenvalue weighted by Crippen LogP contribution is -2.27. The monoisotopic (exact) mass is 390 g/mol. The Morgan fingerprint density at radius 1 is 1.11 bits per heavy atom. The van der Waals surface area contributed by atoms with E-state index in [2.05, 4.69) is 10.0 Å². The van der Waals surface area contributed by atoms with Gasteiger partial charge in [-0.2, -0.15) is 0 Å². The maximum Gasteiger partial charge on any atom is 0.335 e. The summed E-state index contributed by atoms with van der Waals surface area (Å²) in [4.78, 5) is 23.5. The molecule has 27 heavy (non-hydrogen) atoms. The Labute approximate surface area is 158 Å². The van der Waals surface area contributed by atoms with Gasteiger partial charge in [-0.3, -0.25) is 4.79 Å². The van der Waals surface area contributed by atoms with E-state index < -0.39 is 16.0 Å². The molecule has 0 aliphatic heterocycles. The van der Waals surface area contributed by atoms with Crippen molar-refractivity contribution in [2.45, 2.75) is 25.2 Å². The van der Waals surface area contributed by atoms with Crippen LogP contribution in [0.2, 0.25) is 0 Å². The summed E-state index contributed by atoms with van der Waals surface area (Å²) in [5.41, 5.74) is 1.93. The number of carbonyl (C=O) groups is 2. The van der Waals surface area contributed by atoms with Crippen molar-refractivity contribution in [3.05, 3.63) is 64.7 Å². The molecule has 7 nitrogen and oxygen atoms in total. The molecule has 0 bridgehead atoms. The first kappa shape index (κ1) is 20.6. The highest BCUT2D eigenvalue weighted by molar-refractivity contribution is 7.89. The number of carboxylic acids is 1. The molecule has 0 aliphatic rings. The number of carboxylic acid groups (broad SMARTS) is 1. The van der Waals surface area contributed by atoms with Crippen LogP contribution in [-0.4, -0.2) is 38.5 Å². The summed E-state index contributed by atoms with van der Waals surface area (Å²) in [6.07, 6.45) is 0.460. The number of hydrogen-bond acceptors (Lipinski definition) is 4. The fourth-order valence-electron chi connectivity index (χ4n) is 2.56. The van der Waals surface area contributed by atoms with Gasteiger partial charge in [-0.15, -0.1) is 0 Å². The van der Waals surface area contributed by atoms with E-state index in [1.807, 2.05) is 0 Å². The van der Waals surface area contributed by atoms with Crippen LogP contribution in [0, 0.1) is 6.92 Å². The molecule has 0 saturated heterocycles. The van der Waals surface area contributed by atoms with Gasteiger partial charge in [-0.05, 0) is 48.7 Å². The van der Waals surface area contributed by atoms with Crippen LogP contribution >= 0.6 is 0 Å². The first-order chi connectivity index (χ1) is 12.7. The molecule has 0 atom stereocenters. The van der Waals surface area contributed by atoms with E-state index in [0.717, 1.165) is 5.56 Å². The van der Waals surface area contributed by atoms with Crippen LogP contribution in [0.1, 0.15) is 38.8 Å². The Bertz CT molecular complexity index is 954. The zero-order valence-corrected chi connectivity index (χ0v) is 16.0. The number of rotatable bonds is 8. The first-order valence-corrected chi connectivity index (χ1v) is 9.93. The van der Waals surface area contributed by atoms with E-state index in [1.165, 1.54) is 18.2 Å². The van der Waals surface area contributed by atoms with Crippen LogP contribution < -0.4 is 10.0 Å². The molecule has 0 heterocycles. The lowest BCUT2D eigenvalue weighted by Gasteiger charge is -2.11. The SMILES string of the molecule is CCNS(=O)(=O)c1ccc(C)c(C(=O)NCCc2cccc(C(=O)O)c2)c1. The second kappa shape index (κ2) is 8.79. The summed E-state index contributed by atoms with van der Waals surface area (Å²) in [6.45, 7) is 3.96. The van der Waals surface area contributed by atoms with Gasteiger partial charge in [0.1, 0.15) is 0 Å². The molecule has 0 aromatic heterocycles. The molecule has 0 aliphatic carbocycles. The molecule has 0 radical (unpaired) electrons. The third-order valence-electron chi connectivity index (χ3n) is 3.97. The van der Waals surface area contributed by atoms with Gasteiger partial charge in [-0.1, -0.05) is 25.1 Å². The molecular formula is C19H22N2O5S. The highest BCUT2D eigenvalue weighted by atomic mass is 32.2. The molecule has 2 rings (SSSR count). The van der Waals surface area contributed by atoms with Crippen molar-refractivity contribution in [2.24, 2.45) is 0 Å². The van der Waals surface area contributed by atoms with Crippen LogP contribution in [0.5, 0.6) is 0 Å². The summed E-state index contributed by atoms with van der Waals surface area (Å²) >= 11 is 0. The van der Waals surface area contributed by atoms with Gasteiger partial charge in [0, 0.05) is 18.7 Å². The van der Waals surface area contributed by atoms with E-state index in [4.69, 9.17) is 5.11 Å². The predicted octanol–water partition coefficient (Wildman–Crippen LogP) is 1.96. The number of aryl methyl sites for hydroxylation is 1. The van der Waals surface area contributed by atoms with Crippen molar-refractivity contribution >= 4 is 21.9 Å². The van der Waals surface area contributed by atoms with E-state index >= 15 is 0 Å². The summed E-state index contributed by atoms with van der Waals surface area (Å²) in [6, 6.07) is 10.9. The van der Waals surface area contributed by atoms with Crippen LogP contribution in [0.3, 0.4) is 0 Å². The average Bonchev–Trinajstić information content (AvgIpc) is 2.62. The number of amides is 1. The first-order valence-electron chi connectivity index (χ1n) is 8.45. The number of benzene rings is 2. The Balaban J connectivity index is 2.08. The van der Waals surface area contributed by atoms with Gasteiger partial charge in [-0.25, -0.2) is 17.9 Å². The van der Waals surface area contributed by atoms with Gasteiger partial charge in [0.2, 0.25) is 10.0 Å². The number of hydrogen-bond donors (Lipinski definition) is 3. The molecule has 3 N–H and O–H groups in total. The maximum atomic E-state index is 12.4. The van der Waals surface area contributed by atoms with Gasteiger partial charge in [0.15, 0.2) is 0 Å². The lowest BCUT2D eigenvalue weighted by molar-refractivity contribution is 0.0696. The normalized spacial score (nSPS) is 11.2. The average molecular weight is 390 g/mol. The van der Waals surface area contributed by atoms with Crippen molar-refractivity contribution in [2.75, 3.05) is 13.1 Å².